The van der Waals surface area contributed by atoms with Gasteiger partial charge >= 0.3 is 0 Å². The summed E-state index contributed by atoms with van der Waals surface area (Å²) in [5.74, 6) is 0. The molecule has 6 heteroatoms. The molecule has 0 aromatic heterocycles. The van der Waals surface area contributed by atoms with Gasteiger partial charge in [0, 0.05) is 27.2 Å². The van der Waals surface area contributed by atoms with Crippen LogP contribution in [0.25, 0.3) is 0 Å². The molecule has 0 unspecified atom stereocenters. The second-order valence-corrected chi connectivity index (χ2v) is 6.72. The molecule has 5 nitrogen and oxygen atoms in total. The standard InChI is InChI=1S/C10H22N2O3S/c1-9(2)15-10-5-7-12(8-6-10)16(13,14)11(3)4/h9-10H,5-8H2,1-4H3. The van der Waals surface area contributed by atoms with E-state index in [4.69, 9.17) is 4.74 Å². The lowest BCUT2D eigenvalue weighted by Crippen LogP contribution is -2.46. The monoisotopic (exact) mass is 250 g/mol. The van der Waals surface area contributed by atoms with E-state index in [1.807, 2.05) is 13.8 Å². The second kappa shape index (κ2) is 5.44. The Bertz CT molecular complexity index is 306. The van der Waals surface area contributed by atoms with Crippen molar-refractivity contribution in [2.45, 2.75) is 38.9 Å². The van der Waals surface area contributed by atoms with Crippen LogP contribution in [0.5, 0.6) is 0 Å². The molecule has 1 fully saturated rings. The summed E-state index contributed by atoms with van der Waals surface area (Å²) < 4.78 is 32.1. The number of piperidine rings is 1. The maximum atomic E-state index is 11.8. The zero-order valence-electron chi connectivity index (χ0n) is 10.5. The Balaban J connectivity index is 2.49. The first-order valence-electron chi connectivity index (χ1n) is 5.67. The quantitative estimate of drug-likeness (QED) is 0.737. The molecule has 1 aliphatic rings. The van der Waals surface area contributed by atoms with E-state index >= 15 is 0 Å². The molecule has 0 atom stereocenters. The molecule has 1 saturated heterocycles. The lowest BCUT2D eigenvalue weighted by atomic mass is 10.1. The minimum Gasteiger partial charge on any atom is -0.375 e. The zero-order chi connectivity index (χ0) is 12.3. The largest absolute Gasteiger partial charge is 0.375 e. The summed E-state index contributed by atoms with van der Waals surface area (Å²) in [6.45, 7) is 5.11. The van der Waals surface area contributed by atoms with Gasteiger partial charge in [-0.2, -0.15) is 17.0 Å². The van der Waals surface area contributed by atoms with Gasteiger partial charge in [0.2, 0.25) is 0 Å². The molecule has 0 bridgehead atoms. The predicted octanol–water partition coefficient (Wildman–Crippen LogP) is 0.682. The molecule has 1 rings (SSSR count). The second-order valence-electron chi connectivity index (χ2n) is 4.57. The van der Waals surface area contributed by atoms with Crippen molar-refractivity contribution >= 4 is 10.2 Å². The maximum Gasteiger partial charge on any atom is 0.281 e. The van der Waals surface area contributed by atoms with Gasteiger partial charge in [0.1, 0.15) is 0 Å². The Morgan fingerprint density at radius 3 is 2.12 bits per heavy atom. The van der Waals surface area contributed by atoms with Gasteiger partial charge < -0.3 is 4.74 Å². The highest BCUT2D eigenvalue weighted by molar-refractivity contribution is 7.86. The highest BCUT2D eigenvalue weighted by Crippen LogP contribution is 2.18. The SMILES string of the molecule is CC(C)OC1CCN(S(=O)(=O)N(C)C)CC1. The van der Waals surface area contributed by atoms with Crippen LogP contribution in [0.15, 0.2) is 0 Å². The van der Waals surface area contributed by atoms with Gasteiger partial charge in [0.15, 0.2) is 0 Å². The van der Waals surface area contributed by atoms with Crippen molar-refractivity contribution in [2.24, 2.45) is 0 Å². The molecule has 0 saturated carbocycles. The summed E-state index contributed by atoms with van der Waals surface area (Å²) in [5, 5.41) is 0. The molecule has 0 amide bonds. The van der Waals surface area contributed by atoms with E-state index in [1.54, 1.807) is 14.1 Å². The Labute approximate surface area is 98.5 Å². The first kappa shape index (κ1) is 13.9. The molecule has 1 heterocycles. The lowest BCUT2D eigenvalue weighted by molar-refractivity contribution is -0.0172. The van der Waals surface area contributed by atoms with E-state index < -0.39 is 10.2 Å². The minimum atomic E-state index is -3.24. The van der Waals surface area contributed by atoms with E-state index in [-0.39, 0.29) is 12.2 Å². The summed E-state index contributed by atoms with van der Waals surface area (Å²) in [6, 6.07) is 0. The smallest absolute Gasteiger partial charge is 0.281 e. The van der Waals surface area contributed by atoms with Gasteiger partial charge in [-0.1, -0.05) is 0 Å². The molecule has 0 aromatic rings. The van der Waals surface area contributed by atoms with Crippen molar-refractivity contribution < 1.29 is 13.2 Å². The number of rotatable bonds is 4. The van der Waals surface area contributed by atoms with E-state index in [2.05, 4.69) is 0 Å². The van der Waals surface area contributed by atoms with E-state index in [0.29, 0.717) is 13.1 Å². The average Bonchev–Trinajstić information content (AvgIpc) is 2.17. The third-order valence-electron chi connectivity index (χ3n) is 2.65. The Hall–Kier alpha value is -0.170. The third-order valence-corrected chi connectivity index (χ3v) is 4.59. The highest BCUT2D eigenvalue weighted by atomic mass is 32.2. The van der Waals surface area contributed by atoms with Crippen LogP contribution in [0.2, 0.25) is 0 Å². The van der Waals surface area contributed by atoms with Crippen LogP contribution in [-0.2, 0) is 14.9 Å². The first-order chi connectivity index (χ1) is 7.34. The van der Waals surface area contributed by atoms with Gasteiger partial charge in [-0.25, -0.2) is 0 Å². The van der Waals surface area contributed by atoms with E-state index in [9.17, 15) is 8.42 Å². The van der Waals surface area contributed by atoms with Crippen LogP contribution in [0.3, 0.4) is 0 Å². The number of hydrogen-bond donors (Lipinski definition) is 0. The van der Waals surface area contributed by atoms with Crippen molar-refractivity contribution in [3.8, 4) is 0 Å². The number of hydrogen-bond acceptors (Lipinski definition) is 3. The highest BCUT2D eigenvalue weighted by Gasteiger charge is 2.29. The first-order valence-corrected chi connectivity index (χ1v) is 7.06. The fourth-order valence-electron chi connectivity index (χ4n) is 1.81. The fourth-order valence-corrected chi connectivity index (χ4v) is 2.95. The van der Waals surface area contributed by atoms with Gasteiger partial charge in [0.05, 0.1) is 12.2 Å². The molecule has 0 spiro atoms. The normalized spacial score (nSPS) is 20.9. The summed E-state index contributed by atoms with van der Waals surface area (Å²) in [5.41, 5.74) is 0. The molecular formula is C10H22N2O3S. The minimum absolute atomic E-state index is 0.202. The van der Waals surface area contributed by atoms with Crippen molar-refractivity contribution in [3.05, 3.63) is 0 Å². The van der Waals surface area contributed by atoms with Crippen LogP contribution >= 0.6 is 0 Å². The third kappa shape index (κ3) is 3.41. The molecule has 1 aliphatic heterocycles. The van der Waals surface area contributed by atoms with Gasteiger partial charge in [-0.15, -0.1) is 0 Å². The van der Waals surface area contributed by atoms with Crippen LogP contribution in [0.4, 0.5) is 0 Å². The van der Waals surface area contributed by atoms with Gasteiger partial charge in [-0.05, 0) is 26.7 Å². The Morgan fingerprint density at radius 2 is 1.75 bits per heavy atom. The van der Waals surface area contributed by atoms with E-state index in [0.717, 1.165) is 12.8 Å². The summed E-state index contributed by atoms with van der Waals surface area (Å²) in [4.78, 5) is 0. The number of ether oxygens (including phenoxy) is 1. The predicted molar refractivity (Wildman–Crippen MR) is 63.4 cm³/mol. The Morgan fingerprint density at radius 1 is 1.25 bits per heavy atom. The summed E-state index contributed by atoms with van der Waals surface area (Å²) >= 11 is 0. The molecule has 0 N–H and O–H groups in total. The van der Waals surface area contributed by atoms with E-state index in [1.165, 1.54) is 8.61 Å². The molecule has 0 aliphatic carbocycles. The topological polar surface area (TPSA) is 49.9 Å². The summed E-state index contributed by atoms with van der Waals surface area (Å²) in [6.07, 6.45) is 1.98. The lowest BCUT2D eigenvalue weighted by Gasteiger charge is -2.33. The molecule has 0 aromatic carbocycles. The maximum absolute atomic E-state index is 11.8. The number of nitrogens with zero attached hydrogens (tertiary/aromatic N) is 2. The van der Waals surface area contributed by atoms with Gasteiger partial charge in [0.25, 0.3) is 10.2 Å². The zero-order valence-corrected chi connectivity index (χ0v) is 11.3. The summed E-state index contributed by atoms with van der Waals surface area (Å²) in [7, 11) is -0.118. The van der Waals surface area contributed by atoms with Gasteiger partial charge in [-0.3, -0.25) is 0 Å². The fraction of sp³-hybridized carbons (Fsp3) is 1.00. The van der Waals surface area contributed by atoms with Crippen LogP contribution < -0.4 is 0 Å². The molecular weight excluding hydrogens is 228 g/mol. The average molecular weight is 250 g/mol. The molecule has 16 heavy (non-hydrogen) atoms. The molecule has 96 valence electrons. The molecule has 0 radical (unpaired) electrons. The van der Waals surface area contributed by atoms with Crippen molar-refractivity contribution in [1.82, 2.24) is 8.61 Å². The van der Waals surface area contributed by atoms with Crippen LogP contribution in [-0.4, -0.2) is 56.4 Å². The van der Waals surface area contributed by atoms with Crippen molar-refractivity contribution in [1.29, 1.82) is 0 Å². The Kier molecular flexibility index (Phi) is 4.73. The van der Waals surface area contributed by atoms with Crippen LogP contribution in [0.1, 0.15) is 26.7 Å². The van der Waals surface area contributed by atoms with Crippen molar-refractivity contribution in [2.75, 3.05) is 27.2 Å². The van der Waals surface area contributed by atoms with Crippen LogP contribution in [0, 0.1) is 0 Å². The van der Waals surface area contributed by atoms with Crippen molar-refractivity contribution in [3.63, 3.8) is 0 Å².